The van der Waals surface area contributed by atoms with Crippen LogP contribution in [0.5, 0.6) is 17.2 Å². The van der Waals surface area contributed by atoms with Crippen LogP contribution >= 0.6 is 11.3 Å². The molecule has 192 valence electrons. The third kappa shape index (κ3) is 6.90. The zero-order valence-electron chi connectivity index (χ0n) is 20.0. The van der Waals surface area contributed by atoms with Gasteiger partial charge in [0.25, 0.3) is 5.91 Å². The lowest BCUT2D eigenvalue weighted by molar-refractivity contribution is -0.112. The summed E-state index contributed by atoms with van der Waals surface area (Å²) < 4.78 is 39.8. The highest BCUT2D eigenvalue weighted by molar-refractivity contribution is 7.93. The van der Waals surface area contributed by atoms with Crippen molar-refractivity contribution in [3.05, 3.63) is 59.2 Å². The van der Waals surface area contributed by atoms with Crippen molar-refractivity contribution in [3.63, 3.8) is 0 Å². The molecule has 1 aromatic heterocycles. The van der Waals surface area contributed by atoms with Crippen LogP contribution in [-0.4, -0.2) is 50.0 Å². The second-order valence-corrected chi connectivity index (χ2v) is 10.6. The highest BCUT2D eigenvalue weighted by Crippen LogP contribution is 2.31. The molecule has 0 saturated carbocycles. The molecule has 0 atom stereocenters. The van der Waals surface area contributed by atoms with Crippen LogP contribution in [0.4, 0.5) is 5.13 Å². The van der Waals surface area contributed by atoms with E-state index in [1.165, 1.54) is 44.4 Å². The van der Waals surface area contributed by atoms with Crippen LogP contribution in [0.2, 0.25) is 0 Å². The van der Waals surface area contributed by atoms with Crippen LogP contribution < -0.4 is 19.5 Å². The van der Waals surface area contributed by atoms with Crippen molar-refractivity contribution in [2.24, 2.45) is 0 Å². The lowest BCUT2D eigenvalue weighted by Gasteiger charge is -2.12. The molecule has 13 heteroatoms. The van der Waals surface area contributed by atoms with Crippen LogP contribution in [0, 0.1) is 11.3 Å². The number of benzene rings is 2. The number of nitriles is 1. The number of hydrogen-bond donors (Lipinski definition) is 1. The van der Waals surface area contributed by atoms with Gasteiger partial charge in [0, 0.05) is 0 Å². The zero-order valence-corrected chi connectivity index (χ0v) is 21.7. The van der Waals surface area contributed by atoms with Crippen molar-refractivity contribution in [1.82, 2.24) is 10.2 Å². The fourth-order valence-electron chi connectivity index (χ4n) is 2.87. The second kappa shape index (κ2) is 12.1. The van der Waals surface area contributed by atoms with E-state index in [9.17, 15) is 23.3 Å². The summed E-state index contributed by atoms with van der Waals surface area (Å²) in [5.74, 6) is -0.713. The van der Waals surface area contributed by atoms with Crippen molar-refractivity contribution in [2.75, 3.05) is 24.8 Å². The Bertz CT molecular complexity index is 1490. The fraction of sp³-hybridized carbons (Fsp3) is 0.208. The molecular weight excluding hydrogens is 520 g/mol. The van der Waals surface area contributed by atoms with Crippen LogP contribution in [0.3, 0.4) is 0 Å². The molecule has 2 aromatic carbocycles. The van der Waals surface area contributed by atoms with E-state index in [2.05, 4.69) is 15.5 Å². The van der Waals surface area contributed by atoms with Gasteiger partial charge in [-0.2, -0.15) is 5.26 Å². The summed E-state index contributed by atoms with van der Waals surface area (Å²) in [6, 6.07) is 12.8. The van der Waals surface area contributed by atoms with Gasteiger partial charge in [0.05, 0.1) is 25.0 Å². The Hall–Kier alpha value is -4.28. The summed E-state index contributed by atoms with van der Waals surface area (Å²) in [5, 5.41) is 19.0. The minimum absolute atomic E-state index is 0.0621. The third-order valence-corrected chi connectivity index (χ3v) is 7.74. The number of nitrogens with one attached hydrogen (secondary N) is 1. The van der Waals surface area contributed by atoms with E-state index >= 15 is 0 Å². The molecule has 3 rings (SSSR count). The number of aromatic nitrogens is 2. The number of amides is 1. The second-order valence-electron chi connectivity index (χ2n) is 7.16. The van der Waals surface area contributed by atoms with Gasteiger partial charge in [-0.15, -0.1) is 10.2 Å². The number of ether oxygens (including phenoxy) is 3. The topological polar surface area (TPSA) is 158 Å². The Morgan fingerprint density at radius 1 is 1.14 bits per heavy atom. The van der Waals surface area contributed by atoms with Gasteiger partial charge in [0.1, 0.15) is 17.4 Å². The van der Waals surface area contributed by atoms with Gasteiger partial charge < -0.3 is 14.2 Å². The summed E-state index contributed by atoms with van der Waals surface area (Å²) in [7, 11) is -2.09. The summed E-state index contributed by atoms with van der Waals surface area (Å²) in [6.07, 6.45) is 1.30. The highest BCUT2D eigenvalue weighted by atomic mass is 32.2. The SMILES string of the molecule is CCOc1cc(/C=C(/C#N)C(=O)Nc2nnc(S(=O)(=O)CC)s2)ccc1OC(=O)c1cccc(OC)c1. The van der Waals surface area contributed by atoms with Crippen LogP contribution in [0.1, 0.15) is 29.8 Å². The summed E-state index contributed by atoms with van der Waals surface area (Å²) in [5.41, 5.74) is 0.419. The van der Waals surface area contributed by atoms with Gasteiger partial charge in [-0.3, -0.25) is 10.1 Å². The molecule has 1 amide bonds. The van der Waals surface area contributed by atoms with Crippen molar-refractivity contribution >= 4 is 44.3 Å². The first kappa shape index (κ1) is 27.3. The Morgan fingerprint density at radius 3 is 2.59 bits per heavy atom. The van der Waals surface area contributed by atoms with E-state index in [1.807, 2.05) is 0 Å². The first-order valence-corrected chi connectivity index (χ1v) is 13.3. The maximum Gasteiger partial charge on any atom is 0.343 e. The first-order chi connectivity index (χ1) is 17.7. The fourth-order valence-corrected chi connectivity index (χ4v) is 4.85. The molecular formula is C24H22N4O7S2. The number of carbonyl (C=O) groups is 2. The van der Waals surface area contributed by atoms with Gasteiger partial charge in [0.2, 0.25) is 19.3 Å². The van der Waals surface area contributed by atoms with Gasteiger partial charge in [-0.05, 0) is 48.9 Å². The Morgan fingerprint density at radius 2 is 1.92 bits per heavy atom. The molecule has 0 unspecified atom stereocenters. The first-order valence-electron chi connectivity index (χ1n) is 10.8. The van der Waals surface area contributed by atoms with E-state index in [1.54, 1.807) is 31.2 Å². The molecule has 0 aliphatic rings. The Balaban J connectivity index is 1.81. The molecule has 0 bridgehead atoms. The van der Waals surface area contributed by atoms with E-state index in [-0.39, 0.29) is 44.5 Å². The number of carbonyl (C=O) groups excluding carboxylic acids is 2. The Labute approximate surface area is 217 Å². The predicted octanol–water partition coefficient (Wildman–Crippen LogP) is 3.50. The normalized spacial score (nSPS) is 11.4. The third-order valence-electron chi connectivity index (χ3n) is 4.72. The van der Waals surface area contributed by atoms with Gasteiger partial charge >= 0.3 is 5.97 Å². The number of esters is 1. The highest BCUT2D eigenvalue weighted by Gasteiger charge is 2.20. The molecule has 11 nitrogen and oxygen atoms in total. The average Bonchev–Trinajstić information content (AvgIpc) is 3.38. The molecule has 0 fully saturated rings. The molecule has 0 aliphatic heterocycles. The molecule has 0 aliphatic carbocycles. The summed E-state index contributed by atoms with van der Waals surface area (Å²) in [6.45, 7) is 3.48. The maximum absolute atomic E-state index is 12.6. The minimum atomic E-state index is -3.57. The summed E-state index contributed by atoms with van der Waals surface area (Å²) in [4.78, 5) is 25.2. The number of nitrogens with zero attached hydrogens (tertiary/aromatic N) is 3. The van der Waals surface area contributed by atoms with Crippen LogP contribution in [0.25, 0.3) is 6.08 Å². The van der Waals surface area contributed by atoms with Gasteiger partial charge in [0.15, 0.2) is 11.5 Å². The van der Waals surface area contributed by atoms with E-state index in [4.69, 9.17) is 14.2 Å². The smallest absolute Gasteiger partial charge is 0.343 e. The quantitative estimate of drug-likeness (QED) is 0.132. The molecule has 0 spiro atoms. The molecule has 0 saturated heterocycles. The van der Waals surface area contributed by atoms with Crippen LogP contribution in [0.15, 0.2) is 52.4 Å². The van der Waals surface area contributed by atoms with Gasteiger partial charge in [-0.1, -0.05) is 30.4 Å². The van der Waals surface area contributed by atoms with Crippen molar-refractivity contribution in [1.29, 1.82) is 5.26 Å². The number of hydrogen-bond acceptors (Lipinski definition) is 11. The number of sulfone groups is 1. The predicted molar refractivity (Wildman–Crippen MR) is 135 cm³/mol. The largest absolute Gasteiger partial charge is 0.497 e. The van der Waals surface area contributed by atoms with Gasteiger partial charge in [-0.25, -0.2) is 13.2 Å². The molecule has 0 radical (unpaired) electrons. The molecule has 1 N–H and O–H groups in total. The Kier molecular flexibility index (Phi) is 8.94. The van der Waals surface area contributed by atoms with E-state index in [0.29, 0.717) is 22.6 Å². The van der Waals surface area contributed by atoms with E-state index < -0.39 is 21.7 Å². The minimum Gasteiger partial charge on any atom is -0.497 e. The monoisotopic (exact) mass is 542 g/mol. The molecule has 3 aromatic rings. The number of rotatable bonds is 10. The molecule has 37 heavy (non-hydrogen) atoms. The van der Waals surface area contributed by atoms with Crippen molar-refractivity contribution in [3.8, 4) is 23.3 Å². The lowest BCUT2D eigenvalue weighted by atomic mass is 10.1. The lowest BCUT2D eigenvalue weighted by Crippen LogP contribution is -2.13. The standard InChI is InChI=1S/C24H22N4O7S2/c1-4-34-20-12-15(9-10-19(20)35-22(30)16-7-6-8-18(13-16)33-3)11-17(14-25)21(29)26-23-27-28-24(36-23)37(31,32)5-2/h6-13H,4-5H2,1-3H3,(H,26,27,29)/b17-11-. The zero-order chi connectivity index (χ0) is 27.0. The number of methoxy groups -OCH3 is 1. The number of anilines is 1. The van der Waals surface area contributed by atoms with E-state index in [0.717, 1.165) is 0 Å². The van der Waals surface area contributed by atoms with Crippen molar-refractivity contribution < 1.29 is 32.2 Å². The van der Waals surface area contributed by atoms with Crippen LogP contribution in [-0.2, 0) is 14.6 Å². The van der Waals surface area contributed by atoms with Crippen molar-refractivity contribution in [2.45, 2.75) is 18.2 Å². The molecule has 1 heterocycles. The summed E-state index contributed by atoms with van der Waals surface area (Å²) >= 11 is 0.689. The maximum atomic E-state index is 12.6. The average molecular weight is 543 g/mol.